The van der Waals surface area contributed by atoms with Crippen LogP contribution in [0.15, 0.2) is 14.0 Å². The first-order chi connectivity index (χ1) is 5.77. The molecule has 0 saturated heterocycles. The highest BCUT2D eigenvalue weighted by molar-refractivity contribution is 5.14. The Morgan fingerprint density at radius 2 is 2.17 bits per heavy atom. The number of nitrogens with one attached hydrogen (secondary N) is 1. The number of aromatic amines is 1. The minimum absolute atomic E-state index is 0.231. The molecule has 2 rings (SSSR count). The maximum atomic E-state index is 11.1. The van der Waals surface area contributed by atoms with Gasteiger partial charge in [0.2, 0.25) is 0 Å². The second-order valence-corrected chi connectivity index (χ2v) is 2.55. The summed E-state index contributed by atoms with van der Waals surface area (Å²) in [6.45, 7) is 0.730. The predicted octanol–water partition coefficient (Wildman–Crippen LogP) is -0.599. The van der Waals surface area contributed by atoms with E-state index >= 15 is 0 Å². The SMILES string of the molecule is O=c1[nH]c(=O)c2c(o1)CCOC2. The van der Waals surface area contributed by atoms with E-state index in [0.29, 0.717) is 24.4 Å². The van der Waals surface area contributed by atoms with Gasteiger partial charge in [0.15, 0.2) is 0 Å². The number of H-pyrrole nitrogens is 1. The first kappa shape index (κ1) is 7.30. The second kappa shape index (κ2) is 2.60. The van der Waals surface area contributed by atoms with E-state index in [-0.39, 0.29) is 6.61 Å². The van der Waals surface area contributed by atoms with Crippen LogP contribution in [0.2, 0.25) is 0 Å². The highest BCUT2D eigenvalue weighted by Crippen LogP contribution is 2.09. The van der Waals surface area contributed by atoms with Crippen molar-refractivity contribution in [3.8, 4) is 0 Å². The Kier molecular flexibility index (Phi) is 1.58. The van der Waals surface area contributed by atoms with Gasteiger partial charge in [-0.3, -0.25) is 9.78 Å². The first-order valence-electron chi connectivity index (χ1n) is 3.60. The van der Waals surface area contributed by atoms with E-state index in [0.717, 1.165) is 0 Å². The van der Waals surface area contributed by atoms with Crippen molar-refractivity contribution in [3.63, 3.8) is 0 Å². The van der Waals surface area contributed by atoms with E-state index in [9.17, 15) is 9.59 Å². The molecule has 12 heavy (non-hydrogen) atoms. The van der Waals surface area contributed by atoms with Gasteiger partial charge in [0, 0.05) is 6.42 Å². The normalized spacial score (nSPS) is 15.7. The number of rotatable bonds is 0. The van der Waals surface area contributed by atoms with Crippen molar-refractivity contribution in [3.05, 3.63) is 32.2 Å². The van der Waals surface area contributed by atoms with Crippen molar-refractivity contribution in [2.45, 2.75) is 13.0 Å². The molecule has 0 aliphatic carbocycles. The average Bonchev–Trinajstić information content (AvgIpc) is 2.04. The fraction of sp³-hybridized carbons (Fsp3) is 0.429. The Balaban J connectivity index is 2.68. The molecule has 1 aromatic rings. The highest BCUT2D eigenvalue weighted by Gasteiger charge is 2.15. The predicted molar refractivity (Wildman–Crippen MR) is 39.0 cm³/mol. The summed E-state index contributed by atoms with van der Waals surface area (Å²) in [6, 6.07) is 0. The molecule has 0 unspecified atom stereocenters. The summed E-state index contributed by atoms with van der Waals surface area (Å²) in [4.78, 5) is 23.8. The second-order valence-electron chi connectivity index (χ2n) is 2.55. The summed E-state index contributed by atoms with van der Waals surface area (Å²) in [6.07, 6.45) is 0.495. The summed E-state index contributed by atoms with van der Waals surface area (Å²) in [5.74, 6) is -0.240. The summed E-state index contributed by atoms with van der Waals surface area (Å²) in [7, 11) is 0. The van der Waals surface area contributed by atoms with Crippen LogP contribution in [0.5, 0.6) is 0 Å². The van der Waals surface area contributed by atoms with Crippen molar-refractivity contribution in [1.82, 2.24) is 4.98 Å². The van der Waals surface area contributed by atoms with Crippen LogP contribution in [-0.4, -0.2) is 11.6 Å². The number of ether oxygens (including phenoxy) is 1. The number of hydrogen-bond acceptors (Lipinski definition) is 4. The largest absolute Gasteiger partial charge is 0.419 e. The van der Waals surface area contributed by atoms with Gasteiger partial charge in [0.1, 0.15) is 5.76 Å². The van der Waals surface area contributed by atoms with Crippen molar-refractivity contribution < 1.29 is 9.15 Å². The number of fused-ring (bicyclic) bond motifs is 1. The van der Waals surface area contributed by atoms with Gasteiger partial charge in [0.25, 0.3) is 5.56 Å². The minimum Gasteiger partial charge on any atom is -0.414 e. The highest BCUT2D eigenvalue weighted by atomic mass is 16.5. The van der Waals surface area contributed by atoms with E-state index < -0.39 is 11.3 Å². The van der Waals surface area contributed by atoms with Gasteiger partial charge in [-0.05, 0) is 0 Å². The van der Waals surface area contributed by atoms with Crippen LogP contribution >= 0.6 is 0 Å². The molecular formula is C7H7NO4. The standard InChI is InChI=1S/C7H7NO4/c9-6-4-3-11-2-1-5(4)12-7(10)8-6/h1-3H2,(H,8,9,10). The molecular weight excluding hydrogens is 162 g/mol. The molecule has 1 aliphatic rings. The first-order valence-corrected chi connectivity index (χ1v) is 3.60. The monoisotopic (exact) mass is 169 g/mol. The Bertz CT molecular complexity index is 403. The Morgan fingerprint density at radius 3 is 3.00 bits per heavy atom. The molecule has 0 bridgehead atoms. The lowest BCUT2D eigenvalue weighted by atomic mass is 10.2. The van der Waals surface area contributed by atoms with Crippen LogP contribution in [0.4, 0.5) is 0 Å². The van der Waals surface area contributed by atoms with E-state index in [4.69, 9.17) is 9.15 Å². The van der Waals surface area contributed by atoms with Crippen molar-refractivity contribution >= 4 is 0 Å². The molecule has 0 saturated carbocycles. The van der Waals surface area contributed by atoms with Crippen LogP contribution in [0, 0.1) is 0 Å². The smallest absolute Gasteiger partial charge is 0.414 e. The topological polar surface area (TPSA) is 72.3 Å². The zero-order valence-corrected chi connectivity index (χ0v) is 6.25. The van der Waals surface area contributed by atoms with Crippen LogP contribution in [-0.2, 0) is 17.8 Å². The third-order valence-electron chi connectivity index (χ3n) is 1.76. The van der Waals surface area contributed by atoms with Crippen LogP contribution < -0.4 is 11.3 Å². The van der Waals surface area contributed by atoms with E-state index in [1.165, 1.54) is 0 Å². The van der Waals surface area contributed by atoms with Gasteiger partial charge in [-0.2, -0.15) is 0 Å². The molecule has 5 nitrogen and oxygen atoms in total. The molecule has 0 amide bonds. The van der Waals surface area contributed by atoms with Gasteiger partial charge < -0.3 is 9.15 Å². The van der Waals surface area contributed by atoms with Gasteiger partial charge >= 0.3 is 5.76 Å². The lowest BCUT2D eigenvalue weighted by Gasteiger charge is -2.11. The summed E-state index contributed by atoms with van der Waals surface area (Å²) in [5, 5.41) is 0. The Hall–Kier alpha value is -1.36. The molecule has 0 spiro atoms. The van der Waals surface area contributed by atoms with Gasteiger partial charge in [-0.25, -0.2) is 4.79 Å². The maximum absolute atomic E-state index is 11.1. The number of aromatic nitrogens is 1. The van der Waals surface area contributed by atoms with Crippen LogP contribution in [0.25, 0.3) is 0 Å². The molecule has 0 atom stereocenters. The quantitative estimate of drug-likeness (QED) is 0.563. The Labute approximate surface area is 67.0 Å². The van der Waals surface area contributed by atoms with Gasteiger partial charge in [-0.15, -0.1) is 0 Å². The molecule has 64 valence electrons. The molecule has 0 fully saturated rings. The fourth-order valence-electron chi connectivity index (χ4n) is 1.18. The molecule has 1 aromatic heterocycles. The third kappa shape index (κ3) is 1.08. The zero-order valence-electron chi connectivity index (χ0n) is 6.25. The molecule has 5 heteroatoms. The minimum atomic E-state index is -0.694. The van der Waals surface area contributed by atoms with Crippen molar-refractivity contribution in [2.24, 2.45) is 0 Å². The van der Waals surface area contributed by atoms with Crippen molar-refractivity contribution in [1.29, 1.82) is 0 Å². The molecule has 1 N–H and O–H groups in total. The lowest BCUT2D eigenvalue weighted by molar-refractivity contribution is 0.0978. The summed E-state index contributed by atoms with van der Waals surface area (Å²) in [5.41, 5.74) is 0.0294. The zero-order chi connectivity index (χ0) is 8.55. The third-order valence-corrected chi connectivity index (χ3v) is 1.76. The lowest BCUT2D eigenvalue weighted by Crippen LogP contribution is -2.28. The van der Waals surface area contributed by atoms with Crippen molar-refractivity contribution in [2.75, 3.05) is 6.61 Å². The summed E-state index contributed by atoms with van der Waals surface area (Å²) >= 11 is 0. The van der Waals surface area contributed by atoms with Gasteiger partial charge in [0.05, 0.1) is 18.8 Å². The molecule has 0 radical (unpaired) electrons. The van der Waals surface area contributed by atoms with Gasteiger partial charge in [-0.1, -0.05) is 0 Å². The van der Waals surface area contributed by atoms with E-state index in [2.05, 4.69) is 0 Å². The summed E-state index contributed by atoms with van der Waals surface area (Å²) < 4.78 is 9.82. The maximum Gasteiger partial charge on any atom is 0.419 e. The average molecular weight is 169 g/mol. The molecule has 0 aromatic carbocycles. The van der Waals surface area contributed by atoms with Crippen LogP contribution in [0.1, 0.15) is 11.3 Å². The van der Waals surface area contributed by atoms with E-state index in [1.807, 2.05) is 4.98 Å². The molecule has 2 heterocycles. The van der Waals surface area contributed by atoms with Crippen LogP contribution in [0.3, 0.4) is 0 Å². The Morgan fingerprint density at radius 1 is 1.33 bits per heavy atom. The molecule has 1 aliphatic heterocycles. The number of hydrogen-bond donors (Lipinski definition) is 1. The van der Waals surface area contributed by atoms with E-state index in [1.54, 1.807) is 0 Å². The fourth-order valence-corrected chi connectivity index (χ4v) is 1.18.